The molecule has 0 saturated heterocycles. The summed E-state index contributed by atoms with van der Waals surface area (Å²) in [6.45, 7) is 1.80. The first-order valence-electron chi connectivity index (χ1n) is 6.75. The number of rotatable bonds is 2. The molecule has 0 aromatic heterocycles. The van der Waals surface area contributed by atoms with Gasteiger partial charge in [0.25, 0.3) is 0 Å². The average Bonchev–Trinajstić information content (AvgIpc) is 3.00. The van der Waals surface area contributed by atoms with Gasteiger partial charge in [-0.25, -0.2) is 4.79 Å². The molecule has 1 N–H and O–H groups in total. The molecule has 0 unspecified atom stereocenters. The van der Waals surface area contributed by atoms with Crippen molar-refractivity contribution in [2.45, 2.75) is 31.3 Å². The third-order valence-electron chi connectivity index (χ3n) is 4.28. The molecule has 104 valence electrons. The van der Waals surface area contributed by atoms with Crippen molar-refractivity contribution in [2.24, 2.45) is 0 Å². The van der Waals surface area contributed by atoms with E-state index in [4.69, 9.17) is 4.74 Å². The van der Waals surface area contributed by atoms with Crippen molar-refractivity contribution in [2.75, 3.05) is 7.11 Å². The fourth-order valence-corrected chi connectivity index (χ4v) is 3.26. The minimum Gasteiger partial charge on any atom is -0.467 e. The Kier molecular flexibility index (Phi) is 2.98. The highest BCUT2D eigenvalue weighted by Crippen LogP contribution is 2.45. The van der Waals surface area contributed by atoms with Crippen LogP contribution in [0.2, 0.25) is 0 Å². The van der Waals surface area contributed by atoms with Crippen molar-refractivity contribution in [3.8, 4) is 0 Å². The van der Waals surface area contributed by atoms with Crippen LogP contribution in [0, 0.1) is 0 Å². The number of hydrogen-bond donors (Lipinski definition) is 1. The van der Waals surface area contributed by atoms with E-state index in [0.29, 0.717) is 12.8 Å². The van der Waals surface area contributed by atoms with Crippen LogP contribution < -0.4 is 5.32 Å². The number of esters is 1. The summed E-state index contributed by atoms with van der Waals surface area (Å²) in [6, 6.07) is 9.53. The number of ether oxygens (including phenoxy) is 1. The Morgan fingerprint density at radius 2 is 2.00 bits per heavy atom. The van der Waals surface area contributed by atoms with Crippen LogP contribution in [-0.2, 0) is 14.3 Å². The van der Waals surface area contributed by atoms with Gasteiger partial charge >= 0.3 is 5.97 Å². The van der Waals surface area contributed by atoms with Crippen molar-refractivity contribution in [1.29, 1.82) is 0 Å². The van der Waals surface area contributed by atoms with Crippen molar-refractivity contribution >= 4 is 11.8 Å². The van der Waals surface area contributed by atoms with E-state index in [0.717, 1.165) is 16.7 Å². The standard InChI is InChI=1S/C16H17NO3/c1-16(15(19)20-2)11-8-9-12(18)13(11)14(17-16)10-6-4-3-5-7-10/h3-7,14,17H,8-9H2,1-2H3/t14-,16-/m0/s1. The van der Waals surface area contributed by atoms with Gasteiger partial charge < -0.3 is 4.74 Å². The third-order valence-corrected chi connectivity index (χ3v) is 4.28. The van der Waals surface area contributed by atoms with Gasteiger partial charge in [-0.1, -0.05) is 30.3 Å². The topological polar surface area (TPSA) is 55.4 Å². The van der Waals surface area contributed by atoms with E-state index < -0.39 is 5.54 Å². The van der Waals surface area contributed by atoms with E-state index in [1.807, 2.05) is 30.3 Å². The quantitative estimate of drug-likeness (QED) is 0.835. The fourth-order valence-electron chi connectivity index (χ4n) is 3.26. The number of Topliss-reactive ketones (excluding diaryl/α,β-unsaturated/α-hetero) is 1. The minimum atomic E-state index is -0.892. The van der Waals surface area contributed by atoms with E-state index in [1.165, 1.54) is 7.11 Å². The lowest BCUT2D eigenvalue weighted by Crippen LogP contribution is -2.49. The summed E-state index contributed by atoms with van der Waals surface area (Å²) in [5.74, 6) is -0.202. The normalized spacial score (nSPS) is 28.7. The predicted octanol–water partition coefficient (Wildman–Crippen LogP) is 1.92. The summed E-state index contributed by atoms with van der Waals surface area (Å²) in [5, 5.41) is 3.30. The molecule has 4 heteroatoms. The lowest BCUT2D eigenvalue weighted by atomic mass is 9.92. The Balaban J connectivity index is 2.08. The maximum atomic E-state index is 12.2. The van der Waals surface area contributed by atoms with Crippen LogP contribution in [-0.4, -0.2) is 24.4 Å². The summed E-state index contributed by atoms with van der Waals surface area (Å²) >= 11 is 0. The van der Waals surface area contributed by atoms with E-state index in [1.54, 1.807) is 6.92 Å². The molecule has 0 amide bonds. The zero-order valence-corrected chi connectivity index (χ0v) is 11.6. The van der Waals surface area contributed by atoms with Crippen molar-refractivity contribution < 1.29 is 14.3 Å². The predicted molar refractivity (Wildman–Crippen MR) is 74.0 cm³/mol. The Hall–Kier alpha value is -1.94. The molecule has 1 aliphatic carbocycles. The van der Waals surface area contributed by atoms with Gasteiger partial charge in [-0.15, -0.1) is 0 Å². The van der Waals surface area contributed by atoms with Gasteiger partial charge in [0.1, 0.15) is 5.54 Å². The number of carbonyl (C=O) groups excluding carboxylic acids is 2. The number of ketones is 1. The highest BCUT2D eigenvalue weighted by molar-refractivity contribution is 6.04. The number of hydrogen-bond acceptors (Lipinski definition) is 4. The zero-order chi connectivity index (χ0) is 14.3. The molecule has 4 nitrogen and oxygen atoms in total. The first-order valence-corrected chi connectivity index (χ1v) is 6.75. The second kappa shape index (κ2) is 4.56. The summed E-state index contributed by atoms with van der Waals surface area (Å²) in [5.41, 5.74) is 1.76. The van der Waals surface area contributed by atoms with Gasteiger partial charge in [0.15, 0.2) is 5.78 Å². The number of nitrogens with one attached hydrogen (secondary N) is 1. The summed E-state index contributed by atoms with van der Waals surface area (Å²) in [7, 11) is 1.38. The molecule has 2 aliphatic rings. The van der Waals surface area contributed by atoms with Crippen LogP contribution in [0.15, 0.2) is 41.5 Å². The Bertz CT molecular complexity index is 605. The first kappa shape index (κ1) is 13.1. The summed E-state index contributed by atoms with van der Waals surface area (Å²) < 4.78 is 4.92. The Labute approximate surface area is 117 Å². The van der Waals surface area contributed by atoms with Gasteiger partial charge in [0.2, 0.25) is 0 Å². The van der Waals surface area contributed by atoms with Gasteiger partial charge in [-0.05, 0) is 24.5 Å². The summed E-state index contributed by atoms with van der Waals surface area (Å²) in [4.78, 5) is 24.3. The Morgan fingerprint density at radius 3 is 2.65 bits per heavy atom. The molecule has 2 atom stereocenters. The van der Waals surface area contributed by atoms with Crippen LogP contribution in [0.25, 0.3) is 0 Å². The number of methoxy groups -OCH3 is 1. The highest BCUT2D eigenvalue weighted by atomic mass is 16.5. The van der Waals surface area contributed by atoms with Crippen molar-refractivity contribution in [1.82, 2.24) is 5.32 Å². The molecule has 20 heavy (non-hydrogen) atoms. The molecule has 1 aliphatic heterocycles. The minimum absolute atomic E-state index is 0.133. The molecule has 0 bridgehead atoms. The van der Waals surface area contributed by atoms with Crippen LogP contribution >= 0.6 is 0 Å². The molecule has 3 rings (SSSR count). The lowest BCUT2D eigenvalue weighted by molar-refractivity contribution is -0.146. The molecule has 1 aromatic rings. The van der Waals surface area contributed by atoms with E-state index in [-0.39, 0.29) is 17.8 Å². The van der Waals surface area contributed by atoms with Crippen LogP contribution in [0.1, 0.15) is 31.4 Å². The van der Waals surface area contributed by atoms with Crippen LogP contribution in [0.3, 0.4) is 0 Å². The molecule has 1 aromatic carbocycles. The van der Waals surface area contributed by atoms with Gasteiger partial charge in [-0.2, -0.15) is 0 Å². The second-order valence-electron chi connectivity index (χ2n) is 5.42. The maximum Gasteiger partial charge on any atom is 0.330 e. The van der Waals surface area contributed by atoms with E-state index >= 15 is 0 Å². The van der Waals surface area contributed by atoms with Crippen molar-refractivity contribution in [3.05, 3.63) is 47.0 Å². The maximum absolute atomic E-state index is 12.2. The number of carbonyl (C=O) groups is 2. The summed E-state index contributed by atoms with van der Waals surface area (Å²) in [6.07, 6.45) is 1.12. The molecule has 1 heterocycles. The molecule has 0 radical (unpaired) electrons. The monoisotopic (exact) mass is 271 g/mol. The lowest BCUT2D eigenvalue weighted by Gasteiger charge is -2.27. The van der Waals surface area contributed by atoms with Crippen LogP contribution in [0.5, 0.6) is 0 Å². The highest BCUT2D eigenvalue weighted by Gasteiger charge is 2.52. The van der Waals surface area contributed by atoms with Gasteiger partial charge in [-0.3, -0.25) is 10.1 Å². The second-order valence-corrected chi connectivity index (χ2v) is 5.42. The molecule has 0 spiro atoms. The smallest absolute Gasteiger partial charge is 0.330 e. The zero-order valence-electron chi connectivity index (χ0n) is 11.6. The van der Waals surface area contributed by atoms with Gasteiger partial charge in [0, 0.05) is 12.0 Å². The number of benzene rings is 1. The molecule has 0 fully saturated rings. The van der Waals surface area contributed by atoms with Gasteiger partial charge in [0.05, 0.1) is 13.2 Å². The first-order chi connectivity index (χ1) is 9.58. The Morgan fingerprint density at radius 1 is 1.30 bits per heavy atom. The van der Waals surface area contributed by atoms with Crippen LogP contribution in [0.4, 0.5) is 0 Å². The molecular formula is C16H17NO3. The average molecular weight is 271 g/mol. The third kappa shape index (κ3) is 1.72. The van der Waals surface area contributed by atoms with Crippen molar-refractivity contribution in [3.63, 3.8) is 0 Å². The fraction of sp³-hybridized carbons (Fsp3) is 0.375. The SMILES string of the molecule is COC(=O)[C@@]1(C)N[C@@H](c2ccccc2)C2=C1CCC2=O. The molecular weight excluding hydrogens is 254 g/mol. The molecule has 0 saturated carbocycles. The van der Waals surface area contributed by atoms with E-state index in [9.17, 15) is 9.59 Å². The largest absolute Gasteiger partial charge is 0.467 e. The van der Waals surface area contributed by atoms with E-state index in [2.05, 4.69) is 5.32 Å².